The average molecular weight is 373 g/mol. The van der Waals surface area contributed by atoms with Crippen LogP contribution in [0.5, 0.6) is 0 Å². The van der Waals surface area contributed by atoms with E-state index in [2.05, 4.69) is 24.8 Å². The van der Waals surface area contributed by atoms with Gasteiger partial charge in [-0.15, -0.1) is 10.2 Å². The molecule has 1 atom stereocenters. The van der Waals surface area contributed by atoms with E-state index in [9.17, 15) is 10.1 Å². The maximum absolute atomic E-state index is 11.7. The lowest BCUT2D eigenvalue weighted by Crippen LogP contribution is -2.37. The van der Waals surface area contributed by atoms with Crippen LogP contribution in [0.1, 0.15) is 62.3 Å². The molecule has 0 saturated carbocycles. The molecule has 9 heteroatoms. The van der Waals surface area contributed by atoms with Crippen LogP contribution >= 0.6 is 0 Å². The molecule has 1 fully saturated rings. The maximum atomic E-state index is 11.7. The second-order valence-electron chi connectivity index (χ2n) is 7.58. The molecule has 0 aliphatic carbocycles. The number of hydrogen-bond donors (Lipinski definition) is 0. The average Bonchev–Trinajstić information content (AvgIpc) is 3.14. The fourth-order valence-electron chi connectivity index (χ4n) is 4.53. The zero-order valence-corrected chi connectivity index (χ0v) is 16.1. The first-order chi connectivity index (χ1) is 13.1. The lowest BCUT2D eigenvalue weighted by molar-refractivity contribution is -0.384. The van der Waals surface area contributed by atoms with Gasteiger partial charge < -0.3 is 9.47 Å². The molecule has 4 rings (SSSR count). The summed E-state index contributed by atoms with van der Waals surface area (Å²) in [6, 6.07) is 0. The van der Waals surface area contributed by atoms with Crippen molar-refractivity contribution in [2.75, 3.05) is 18.0 Å². The predicted octanol–water partition coefficient (Wildman–Crippen LogP) is 2.59. The van der Waals surface area contributed by atoms with Crippen LogP contribution < -0.4 is 4.90 Å². The summed E-state index contributed by atoms with van der Waals surface area (Å²) in [5.41, 5.74) is 0.705. The summed E-state index contributed by atoms with van der Waals surface area (Å²) in [4.78, 5) is 13.5. The number of aryl methyl sites for hydroxylation is 3. The van der Waals surface area contributed by atoms with Gasteiger partial charge in [-0.25, -0.2) is 4.68 Å². The summed E-state index contributed by atoms with van der Waals surface area (Å²) in [5.74, 6) is 3.02. The zero-order valence-electron chi connectivity index (χ0n) is 16.1. The van der Waals surface area contributed by atoms with Crippen molar-refractivity contribution in [1.82, 2.24) is 24.5 Å². The quantitative estimate of drug-likeness (QED) is 0.604. The molecule has 0 amide bonds. The Morgan fingerprint density at radius 3 is 2.81 bits per heavy atom. The van der Waals surface area contributed by atoms with Gasteiger partial charge in [-0.05, 0) is 32.1 Å². The van der Waals surface area contributed by atoms with Gasteiger partial charge in [-0.2, -0.15) is 5.10 Å². The number of nitrogens with zero attached hydrogens (tertiary/aromatic N) is 7. The normalized spacial score (nSPS) is 20.4. The van der Waals surface area contributed by atoms with Gasteiger partial charge in [0, 0.05) is 39.0 Å². The number of aromatic nitrogens is 5. The Hall–Kier alpha value is -2.45. The number of hydrogen-bond acceptors (Lipinski definition) is 6. The molecule has 0 spiro atoms. The molecule has 146 valence electrons. The monoisotopic (exact) mass is 373 g/mol. The highest BCUT2D eigenvalue weighted by Gasteiger charge is 2.34. The van der Waals surface area contributed by atoms with E-state index in [0.29, 0.717) is 17.9 Å². The lowest BCUT2D eigenvalue weighted by Gasteiger charge is -2.33. The van der Waals surface area contributed by atoms with Gasteiger partial charge in [-0.3, -0.25) is 10.1 Å². The summed E-state index contributed by atoms with van der Waals surface area (Å²) in [7, 11) is 1.80. The highest BCUT2D eigenvalue weighted by molar-refractivity contribution is 5.62. The van der Waals surface area contributed by atoms with Crippen LogP contribution in [0.4, 0.5) is 11.5 Å². The topological polar surface area (TPSA) is 94.9 Å². The van der Waals surface area contributed by atoms with Crippen LogP contribution in [0.25, 0.3) is 0 Å². The molecule has 0 N–H and O–H groups in total. The molecule has 2 aliphatic rings. The summed E-state index contributed by atoms with van der Waals surface area (Å²) in [6.07, 6.45) is 7.16. The van der Waals surface area contributed by atoms with E-state index in [1.807, 2.05) is 6.92 Å². The Labute approximate surface area is 158 Å². The van der Waals surface area contributed by atoms with Crippen LogP contribution in [-0.2, 0) is 26.4 Å². The van der Waals surface area contributed by atoms with Crippen molar-refractivity contribution in [3.63, 3.8) is 0 Å². The molecule has 4 heterocycles. The Kier molecular flexibility index (Phi) is 4.84. The predicted molar refractivity (Wildman–Crippen MR) is 101 cm³/mol. The van der Waals surface area contributed by atoms with Gasteiger partial charge in [-0.1, -0.05) is 13.3 Å². The standard InChI is InChI=1S/C18H27N7O2/c1-3-14-16(25(26)27)18(22(2)21-14)23-10-7-8-13(12-23)17-20-19-15-9-5-4-6-11-24(15)17/h13H,3-12H2,1-2H3. The minimum absolute atomic E-state index is 0.153. The second kappa shape index (κ2) is 7.28. The van der Waals surface area contributed by atoms with Crippen molar-refractivity contribution >= 4 is 11.5 Å². The van der Waals surface area contributed by atoms with Gasteiger partial charge in [0.2, 0.25) is 5.82 Å². The maximum Gasteiger partial charge on any atom is 0.334 e. The van der Waals surface area contributed by atoms with Crippen LogP contribution in [0.3, 0.4) is 0 Å². The molecular formula is C18H27N7O2. The number of piperidine rings is 1. The zero-order chi connectivity index (χ0) is 19.0. The molecule has 0 aromatic carbocycles. The Morgan fingerprint density at radius 2 is 2.04 bits per heavy atom. The number of nitro groups is 1. The van der Waals surface area contributed by atoms with Crippen LogP contribution in [0.2, 0.25) is 0 Å². The molecular weight excluding hydrogens is 346 g/mol. The van der Waals surface area contributed by atoms with Gasteiger partial charge in [0.1, 0.15) is 17.3 Å². The minimum atomic E-state index is -0.284. The van der Waals surface area contributed by atoms with Crippen molar-refractivity contribution in [1.29, 1.82) is 0 Å². The van der Waals surface area contributed by atoms with Crippen LogP contribution in [0.15, 0.2) is 0 Å². The Bertz CT molecular complexity index is 841. The number of fused-ring (bicyclic) bond motifs is 1. The van der Waals surface area contributed by atoms with Crippen LogP contribution in [-0.4, -0.2) is 42.6 Å². The molecule has 1 saturated heterocycles. The first-order valence-electron chi connectivity index (χ1n) is 9.97. The number of rotatable bonds is 4. The highest BCUT2D eigenvalue weighted by atomic mass is 16.6. The summed E-state index contributed by atoms with van der Waals surface area (Å²) in [5, 5.41) is 25.1. The first kappa shape index (κ1) is 17.9. The molecule has 27 heavy (non-hydrogen) atoms. The van der Waals surface area contributed by atoms with E-state index < -0.39 is 0 Å². The lowest BCUT2D eigenvalue weighted by atomic mass is 9.97. The van der Waals surface area contributed by atoms with E-state index >= 15 is 0 Å². The Morgan fingerprint density at radius 1 is 1.19 bits per heavy atom. The highest BCUT2D eigenvalue weighted by Crippen LogP contribution is 2.36. The molecule has 2 aliphatic heterocycles. The second-order valence-corrected chi connectivity index (χ2v) is 7.58. The van der Waals surface area contributed by atoms with Crippen molar-refractivity contribution in [2.45, 2.75) is 64.3 Å². The molecule has 2 aromatic rings. The van der Waals surface area contributed by atoms with Crippen LogP contribution in [0, 0.1) is 10.1 Å². The third-order valence-corrected chi connectivity index (χ3v) is 5.80. The molecule has 0 radical (unpaired) electrons. The summed E-state index contributed by atoms with van der Waals surface area (Å²) >= 11 is 0. The van der Waals surface area contributed by atoms with E-state index in [4.69, 9.17) is 0 Å². The molecule has 1 unspecified atom stereocenters. The van der Waals surface area contributed by atoms with E-state index in [-0.39, 0.29) is 16.5 Å². The SMILES string of the molecule is CCc1nn(C)c(N2CCCC(c3nnc4n3CCCCC4)C2)c1[N+](=O)[O-]. The third kappa shape index (κ3) is 3.19. The largest absolute Gasteiger partial charge is 0.350 e. The van der Waals surface area contributed by atoms with Gasteiger partial charge in [0.25, 0.3) is 0 Å². The number of anilines is 1. The van der Waals surface area contributed by atoms with E-state index in [1.54, 1.807) is 11.7 Å². The molecule has 0 bridgehead atoms. The smallest absolute Gasteiger partial charge is 0.334 e. The molecule has 9 nitrogen and oxygen atoms in total. The van der Waals surface area contributed by atoms with Crippen molar-refractivity contribution in [3.05, 3.63) is 27.5 Å². The third-order valence-electron chi connectivity index (χ3n) is 5.80. The fourth-order valence-corrected chi connectivity index (χ4v) is 4.53. The summed E-state index contributed by atoms with van der Waals surface area (Å²) < 4.78 is 3.97. The van der Waals surface area contributed by atoms with Crippen molar-refractivity contribution < 1.29 is 4.92 Å². The van der Waals surface area contributed by atoms with Crippen molar-refractivity contribution in [2.24, 2.45) is 7.05 Å². The minimum Gasteiger partial charge on any atom is -0.350 e. The molecule has 2 aromatic heterocycles. The van der Waals surface area contributed by atoms with E-state index in [0.717, 1.165) is 50.5 Å². The summed E-state index contributed by atoms with van der Waals surface area (Å²) in [6.45, 7) is 4.42. The van der Waals surface area contributed by atoms with Crippen molar-refractivity contribution in [3.8, 4) is 0 Å². The van der Waals surface area contributed by atoms with Gasteiger partial charge in [0.15, 0.2) is 0 Å². The van der Waals surface area contributed by atoms with E-state index in [1.165, 1.54) is 19.3 Å². The van der Waals surface area contributed by atoms with Gasteiger partial charge >= 0.3 is 5.69 Å². The fraction of sp³-hybridized carbons (Fsp3) is 0.722. The Balaban J connectivity index is 1.64. The first-order valence-corrected chi connectivity index (χ1v) is 9.97. The van der Waals surface area contributed by atoms with Gasteiger partial charge in [0.05, 0.1) is 4.92 Å².